The van der Waals surface area contributed by atoms with Crippen LogP contribution in [0.15, 0.2) is 406 Å². The van der Waals surface area contributed by atoms with E-state index in [1.807, 2.05) is 60.7 Å². The molecule has 0 saturated heterocycles. The highest BCUT2D eigenvalue weighted by Crippen LogP contribution is 2.65. The highest BCUT2D eigenvalue weighted by Gasteiger charge is 2.52. The Bertz CT molecular complexity index is 8830. The lowest BCUT2D eigenvalue weighted by Gasteiger charge is -2.35. The van der Waals surface area contributed by atoms with Gasteiger partial charge >= 0.3 is 0 Å². The third-order valence-electron chi connectivity index (χ3n) is 27.3. The Kier molecular flexibility index (Phi) is 14.1. The van der Waals surface area contributed by atoms with E-state index in [0.29, 0.717) is 46.1 Å². The molecule has 24 aromatic rings. The summed E-state index contributed by atoms with van der Waals surface area (Å²) in [5.74, 6) is 3.11. The average Bonchev–Trinajstić information content (AvgIpc) is 1.52. The normalized spacial score (nSPS) is 13.4. The van der Waals surface area contributed by atoms with Gasteiger partial charge in [0, 0.05) is 70.9 Å². The van der Waals surface area contributed by atoms with Gasteiger partial charge in [0.15, 0.2) is 34.9 Å². The molecule has 0 saturated carbocycles. The van der Waals surface area contributed by atoms with Crippen LogP contribution < -0.4 is 0 Å². The van der Waals surface area contributed by atoms with Gasteiger partial charge in [-0.2, -0.15) is 0 Å². The minimum atomic E-state index is -0.818. The average molecular weight is 1610 g/mol. The summed E-state index contributed by atoms with van der Waals surface area (Å²) >= 11 is 0. The Morgan fingerprint density at radius 2 is 0.413 bits per heavy atom. The van der Waals surface area contributed by atoms with Crippen molar-refractivity contribution in [3.05, 3.63) is 433 Å². The molecule has 4 aliphatic rings. The fourth-order valence-corrected chi connectivity index (χ4v) is 21.9. The van der Waals surface area contributed by atoms with E-state index in [2.05, 4.69) is 328 Å². The van der Waals surface area contributed by atoms with Crippen LogP contribution in [0.25, 0.3) is 234 Å². The predicted molar refractivity (Wildman–Crippen MR) is 504 cm³/mol. The Labute approximate surface area is 720 Å². The predicted octanol–water partition coefficient (Wildman–Crippen LogP) is 29.3. The van der Waals surface area contributed by atoms with Crippen LogP contribution in [0, 0.1) is 0 Å². The van der Waals surface area contributed by atoms with Gasteiger partial charge in [0.25, 0.3) is 0 Å². The second-order valence-electron chi connectivity index (χ2n) is 33.6. The van der Waals surface area contributed by atoms with E-state index in [1.165, 1.54) is 72.3 Å². The number of nitrogens with zero attached hydrogens (tertiary/aromatic N) is 6. The van der Waals surface area contributed by atoms with Crippen molar-refractivity contribution in [2.45, 2.75) is 10.8 Å². The number of hydrogen-bond acceptors (Lipinski definition) is 10. The van der Waals surface area contributed by atoms with Gasteiger partial charge in [0.1, 0.15) is 44.7 Å². The number of rotatable bonds is 7. The largest absolute Gasteiger partial charge is 0.456 e. The van der Waals surface area contributed by atoms with Crippen LogP contribution in [0.5, 0.6) is 0 Å². The smallest absolute Gasteiger partial charge is 0.167 e. The third kappa shape index (κ3) is 9.63. The van der Waals surface area contributed by atoms with Crippen molar-refractivity contribution in [2.24, 2.45) is 0 Å². The minimum Gasteiger partial charge on any atom is -0.456 e. The van der Waals surface area contributed by atoms with Crippen LogP contribution in [-0.4, -0.2) is 29.9 Å². The topological polar surface area (TPSA) is 130 Å². The summed E-state index contributed by atoms with van der Waals surface area (Å²) in [5, 5.41) is 7.97. The summed E-state index contributed by atoms with van der Waals surface area (Å²) < 4.78 is 26.8. The molecule has 0 N–H and O–H groups in total. The molecule has 4 aliphatic carbocycles. The van der Waals surface area contributed by atoms with Crippen molar-refractivity contribution in [1.29, 1.82) is 0 Å². The summed E-state index contributed by atoms with van der Waals surface area (Å²) in [6, 6.07) is 140. The molecule has 10 nitrogen and oxygen atoms in total. The first-order valence-corrected chi connectivity index (χ1v) is 42.8. The number of benzene rings is 18. The minimum absolute atomic E-state index is 0.494. The molecule has 18 aromatic carbocycles. The molecular formula is C116H64N6O4. The third-order valence-corrected chi connectivity index (χ3v) is 27.3. The molecule has 582 valence electrons. The number of hydrogen-bond donors (Lipinski definition) is 0. The Morgan fingerprint density at radius 3 is 0.881 bits per heavy atom. The molecule has 0 radical (unpaired) electrons. The zero-order valence-corrected chi connectivity index (χ0v) is 67.3. The molecule has 6 heterocycles. The SMILES string of the molecule is c1ccc2c(c1)-c1ccccc1C1(c3cc(-c4nc(-c5ccc6c(c5)oc5cc(-c7ccc8c(c7)-c7ccc(-c9nc(-c%10ccc%11oc%12ccccc%12c%11c%10)nc(-c%10cccc%11c%10oc%10ccccc%10%11)n9)cc7C7(c9ccccc9-8)c8ccccc8-c8ccccc87)ccc56)nc(-c5ccc6oc7ccccc7c6c5)n4)ccc3-2)c2ccccc2-c2ccccc21. The Morgan fingerprint density at radius 1 is 0.143 bits per heavy atom. The number of fused-ring (bicyclic) bond motifs is 36. The van der Waals surface area contributed by atoms with Crippen molar-refractivity contribution in [3.8, 4) is 146 Å². The number of furan rings is 4. The molecule has 6 aromatic heterocycles. The van der Waals surface area contributed by atoms with Gasteiger partial charge in [0.2, 0.25) is 0 Å². The second-order valence-corrected chi connectivity index (χ2v) is 33.6. The quantitative estimate of drug-likeness (QED) is 0.152. The first kappa shape index (κ1) is 68.9. The molecule has 28 rings (SSSR count). The lowest BCUT2D eigenvalue weighted by atomic mass is 9.65. The van der Waals surface area contributed by atoms with Crippen LogP contribution in [0.1, 0.15) is 44.5 Å². The van der Waals surface area contributed by atoms with Crippen molar-refractivity contribution < 1.29 is 17.7 Å². The number of para-hydroxylation sites is 4. The van der Waals surface area contributed by atoms with Crippen LogP contribution in [0.2, 0.25) is 0 Å². The van der Waals surface area contributed by atoms with Gasteiger partial charge in [-0.3, -0.25) is 0 Å². The van der Waals surface area contributed by atoms with Gasteiger partial charge in [-0.15, -0.1) is 0 Å². The first-order valence-electron chi connectivity index (χ1n) is 42.8. The van der Waals surface area contributed by atoms with Gasteiger partial charge in [-0.1, -0.05) is 285 Å². The first-order chi connectivity index (χ1) is 62.4. The second kappa shape index (κ2) is 25.9. The lowest BCUT2D eigenvalue weighted by molar-refractivity contribution is 0.668. The molecule has 10 heteroatoms. The van der Waals surface area contributed by atoms with Gasteiger partial charge in [-0.05, 0) is 226 Å². The van der Waals surface area contributed by atoms with Gasteiger partial charge in [0.05, 0.1) is 16.4 Å². The zero-order valence-electron chi connectivity index (χ0n) is 67.3. The Hall–Kier alpha value is -16.8. The van der Waals surface area contributed by atoms with E-state index in [4.69, 9.17) is 47.6 Å². The molecule has 126 heavy (non-hydrogen) atoms. The summed E-state index contributed by atoms with van der Waals surface area (Å²) in [5.41, 5.74) is 35.1. The maximum Gasteiger partial charge on any atom is 0.167 e. The maximum absolute atomic E-state index is 7.18. The highest BCUT2D eigenvalue weighted by atomic mass is 16.3. The highest BCUT2D eigenvalue weighted by molar-refractivity contribution is 6.12. The zero-order chi connectivity index (χ0) is 82.2. The summed E-state index contributed by atoms with van der Waals surface area (Å²) in [6.45, 7) is 0. The monoisotopic (exact) mass is 1600 g/mol. The van der Waals surface area contributed by atoms with E-state index in [-0.39, 0.29) is 0 Å². The fraction of sp³-hybridized carbons (Fsp3) is 0.0172. The van der Waals surface area contributed by atoms with Crippen LogP contribution in [-0.2, 0) is 10.8 Å². The van der Waals surface area contributed by atoms with E-state index >= 15 is 0 Å². The molecular weight excluding hydrogens is 1540 g/mol. The van der Waals surface area contributed by atoms with Gasteiger partial charge in [-0.25, -0.2) is 29.9 Å². The summed E-state index contributed by atoms with van der Waals surface area (Å²) in [7, 11) is 0. The van der Waals surface area contributed by atoms with E-state index < -0.39 is 10.8 Å². The maximum atomic E-state index is 7.18. The summed E-state index contributed by atoms with van der Waals surface area (Å²) in [6.07, 6.45) is 0. The van der Waals surface area contributed by atoms with Crippen LogP contribution in [0.4, 0.5) is 0 Å². The van der Waals surface area contributed by atoms with Crippen molar-refractivity contribution in [3.63, 3.8) is 0 Å². The lowest BCUT2D eigenvalue weighted by Crippen LogP contribution is -2.29. The van der Waals surface area contributed by atoms with E-state index in [9.17, 15) is 0 Å². The molecule has 0 aliphatic heterocycles. The number of aromatic nitrogens is 6. The Balaban J connectivity index is 0.608. The summed E-state index contributed by atoms with van der Waals surface area (Å²) in [4.78, 5) is 33.1. The van der Waals surface area contributed by atoms with Crippen molar-refractivity contribution in [1.82, 2.24) is 29.9 Å². The van der Waals surface area contributed by atoms with E-state index in [1.54, 1.807) is 0 Å². The molecule has 0 amide bonds. The molecule has 0 fully saturated rings. The van der Waals surface area contributed by atoms with Crippen molar-refractivity contribution in [2.75, 3.05) is 0 Å². The van der Waals surface area contributed by atoms with Crippen molar-refractivity contribution >= 4 is 87.8 Å². The molecule has 0 unspecified atom stereocenters. The van der Waals surface area contributed by atoms with E-state index in [0.717, 1.165) is 160 Å². The molecule has 0 bridgehead atoms. The van der Waals surface area contributed by atoms with Crippen LogP contribution in [0.3, 0.4) is 0 Å². The fourth-order valence-electron chi connectivity index (χ4n) is 21.9. The molecule has 2 spiro atoms. The molecule has 0 atom stereocenters. The standard InChI is InChI=1S/C116H64N6O4/c1-2-23-73-72(22-1)75-24-3-12-35-93(75)115(95-37-14-5-26-77(95)78-27-6-15-38-96(78)115)99-61-69(46-52-81(73)99)111-117-109(67-49-56-104-91(59-67)84-31-10-18-41-101(84)123-104)118-113(120-111)71-48-55-87-86-54-45-66(63-106(86)125-107(87)64-71)65-44-51-74-76-25-4-13-36-94(76)116(97-39-16-7-28-79(97)80-29-8-17-40-98(80)116)100-62-70(47-53-82(100)90(74)58-65)112-119-110(68-50-57-105-92(60-68)85-32-11-19-42-102(85)124-105)121-114(122-112)89-34-21-33-88-83-30-9-20-43-103(83)126-108(88)89/h1-64H. The van der Waals surface area contributed by atoms with Gasteiger partial charge < -0.3 is 17.7 Å². The van der Waals surface area contributed by atoms with Crippen LogP contribution >= 0.6 is 0 Å².